The highest BCUT2D eigenvalue weighted by Gasteiger charge is 2.07. The van der Waals surface area contributed by atoms with Gasteiger partial charge in [0.25, 0.3) is 0 Å². The largest absolute Gasteiger partial charge is 0.469 e. The molecule has 0 atom stereocenters. The Morgan fingerprint density at radius 3 is 2.32 bits per heavy atom. The van der Waals surface area contributed by atoms with Crippen LogP contribution in [0.1, 0.15) is 19.8 Å². The van der Waals surface area contributed by atoms with E-state index in [-0.39, 0.29) is 24.7 Å². The van der Waals surface area contributed by atoms with E-state index in [0.717, 1.165) is 0 Å². The molecule has 0 aliphatic carbocycles. The highest BCUT2D eigenvalue weighted by molar-refractivity contribution is 5.94. The normalized spacial score (nSPS) is 9.58. The number of hydrogen-bond acceptors (Lipinski definition) is 4. The predicted octanol–water partition coefficient (Wildman–Crippen LogP) is 1.54. The van der Waals surface area contributed by atoms with E-state index in [0.29, 0.717) is 11.4 Å². The lowest BCUT2D eigenvalue weighted by Crippen LogP contribution is -2.14. The first-order valence-electron chi connectivity index (χ1n) is 5.75. The molecule has 1 aromatic carbocycles. The fourth-order valence-electron chi connectivity index (χ4n) is 1.42. The van der Waals surface area contributed by atoms with Crippen LogP contribution in [0.5, 0.6) is 0 Å². The van der Waals surface area contributed by atoms with Crippen molar-refractivity contribution in [2.75, 3.05) is 17.7 Å². The van der Waals surface area contributed by atoms with E-state index < -0.39 is 5.97 Å². The average Bonchev–Trinajstić information content (AvgIpc) is 2.35. The highest BCUT2D eigenvalue weighted by Crippen LogP contribution is 2.15. The second kappa shape index (κ2) is 7.15. The lowest BCUT2D eigenvalue weighted by molar-refractivity contribution is -0.141. The van der Waals surface area contributed by atoms with Gasteiger partial charge in [0, 0.05) is 24.7 Å². The van der Waals surface area contributed by atoms with Crippen molar-refractivity contribution in [1.29, 1.82) is 0 Å². The van der Waals surface area contributed by atoms with Gasteiger partial charge in [0.1, 0.15) is 0 Å². The number of anilines is 2. The van der Waals surface area contributed by atoms with Gasteiger partial charge in [-0.15, -0.1) is 0 Å². The molecular weight excluding hydrogens is 248 g/mol. The molecule has 0 unspecified atom stereocenters. The Kier molecular flexibility index (Phi) is 5.53. The third-order valence-electron chi connectivity index (χ3n) is 2.25. The maximum absolute atomic E-state index is 11.6. The summed E-state index contributed by atoms with van der Waals surface area (Å²) in [6.45, 7) is 1.40. The van der Waals surface area contributed by atoms with E-state index in [1.807, 2.05) is 0 Å². The molecule has 0 fully saturated rings. The minimum absolute atomic E-state index is 0.0354. The van der Waals surface area contributed by atoms with Crippen LogP contribution in [-0.2, 0) is 19.1 Å². The molecule has 0 aliphatic rings. The van der Waals surface area contributed by atoms with Crippen LogP contribution in [0.25, 0.3) is 0 Å². The van der Waals surface area contributed by atoms with Gasteiger partial charge in [0.15, 0.2) is 0 Å². The molecule has 1 rings (SSSR count). The zero-order chi connectivity index (χ0) is 14.3. The van der Waals surface area contributed by atoms with Crippen molar-refractivity contribution < 1.29 is 19.1 Å². The fraction of sp³-hybridized carbons (Fsp3) is 0.308. The van der Waals surface area contributed by atoms with Gasteiger partial charge in [-0.05, 0) is 18.2 Å². The number of nitrogens with one attached hydrogen (secondary N) is 2. The number of esters is 1. The van der Waals surface area contributed by atoms with Gasteiger partial charge < -0.3 is 15.4 Å². The van der Waals surface area contributed by atoms with Crippen LogP contribution >= 0.6 is 0 Å². The number of ether oxygens (including phenoxy) is 1. The van der Waals surface area contributed by atoms with Gasteiger partial charge in [0.2, 0.25) is 11.8 Å². The van der Waals surface area contributed by atoms with Crippen molar-refractivity contribution in [2.24, 2.45) is 0 Å². The van der Waals surface area contributed by atoms with Crippen LogP contribution in [0.4, 0.5) is 11.4 Å². The summed E-state index contributed by atoms with van der Waals surface area (Å²) in [5.41, 5.74) is 1.15. The van der Waals surface area contributed by atoms with Gasteiger partial charge in [-0.25, -0.2) is 0 Å². The van der Waals surface area contributed by atoms with Crippen molar-refractivity contribution in [1.82, 2.24) is 0 Å². The number of methoxy groups -OCH3 is 1. The van der Waals surface area contributed by atoms with Gasteiger partial charge >= 0.3 is 5.97 Å². The molecule has 0 saturated heterocycles. The molecule has 19 heavy (non-hydrogen) atoms. The fourth-order valence-corrected chi connectivity index (χ4v) is 1.42. The average molecular weight is 264 g/mol. The molecule has 0 aromatic heterocycles. The zero-order valence-corrected chi connectivity index (χ0v) is 10.9. The van der Waals surface area contributed by atoms with E-state index in [1.54, 1.807) is 24.3 Å². The van der Waals surface area contributed by atoms with E-state index in [9.17, 15) is 14.4 Å². The third-order valence-corrected chi connectivity index (χ3v) is 2.25. The summed E-state index contributed by atoms with van der Waals surface area (Å²) in [5.74, 6) is -0.901. The van der Waals surface area contributed by atoms with Crippen LogP contribution in [0, 0.1) is 0 Å². The first-order valence-corrected chi connectivity index (χ1v) is 5.75. The van der Waals surface area contributed by atoms with Crippen LogP contribution < -0.4 is 10.6 Å². The third kappa shape index (κ3) is 5.67. The van der Waals surface area contributed by atoms with Gasteiger partial charge in [-0.1, -0.05) is 6.07 Å². The molecular formula is C13H16N2O4. The van der Waals surface area contributed by atoms with Crippen molar-refractivity contribution in [2.45, 2.75) is 19.8 Å². The topological polar surface area (TPSA) is 84.5 Å². The summed E-state index contributed by atoms with van der Waals surface area (Å²) in [6, 6.07) is 6.76. The Morgan fingerprint density at radius 2 is 1.74 bits per heavy atom. The Bertz CT molecular complexity index is 485. The highest BCUT2D eigenvalue weighted by atomic mass is 16.5. The Balaban J connectivity index is 2.54. The van der Waals surface area contributed by atoms with Crippen LogP contribution in [-0.4, -0.2) is 24.9 Å². The Labute approximate surface area is 111 Å². The summed E-state index contributed by atoms with van der Waals surface area (Å²) < 4.78 is 4.45. The number of carbonyl (C=O) groups excluding carboxylic acids is 3. The smallest absolute Gasteiger partial charge is 0.306 e. The number of amides is 2. The summed E-state index contributed by atoms with van der Waals surface area (Å²) in [6.07, 6.45) is 0.0881. The van der Waals surface area contributed by atoms with Crippen molar-refractivity contribution in [3.05, 3.63) is 24.3 Å². The number of carbonyl (C=O) groups is 3. The van der Waals surface area contributed by atoms with Crippen LogP contribution in [0.2, 0.25) is 0 Å². The predicted molar refractivity (Wildman–Crippen MR) is 70.6 cm³/mol. The summed E-state index contributed by atoms with van der Waals surface area (Å²) in [4.78, 5) is 33.4. The Hall–Kier alpha value is -2.37. The summed E-state index contributed by atoms with van der Waals surface area (Å²) in [7, 11) is 1.27. The molecule has 0 bridgehead atoms. The van der Waals surface area contributed by atoms with E-state index in [2.05, 4.69) is 15.4 Å². The van der Waals surface area contributed by atoms with Crippen LogP contribution in [0.15, 0.2) is 24.3 Å². The van der Waals surface area contributed by atoms with E-state index in [4.69, 9.17) is 0 Å². The maximum atomic E-state index is 11.6. The van der Waals surface area contributed by atoms with Gasteiger partial charge in [0.05, 0.1) is 13.5 Å². The van der Waals surface area contributed by atoms with E-state index in [1.165, 1.54) is 14.0 Å². The second-order valence-electron chi connectivity index (χ2n) is 3.89. The molecule has 0 spiro atoms. The molecule has 0 radical (unpaired) electrons. The molecule has 2 N–H and O–H groups in total. The number of benzene rings is 1. The van der Waals surface area contributed by atoms with Crippen molar-refractivity contribution in [3.8, 4) is 0 Å². The van der Waals surface area contributed by atoms with Crippen LogP contribution in [0.3, 0.4) is 0 Å². The van der Waals surface area contributed by atoms with Gasteiger partial charge in [-0.3, -0.25) is 14.4 Å². The quantitative estimate of drug-likeness (QED) is 0.790. The van der Waals surface area contributed by atoms with E-state index >= 15 is 0 Å². The Morgan fingerprint density at radius 1 is 1.11 bits per heavy atom. The van der Waals surface area contributed by atoms with Crippen molar-refractivity contribution in [3.63, 3.8) is 0 Å². The monoisotopic (exact) mass is 264 g/mol. The zero-order valence-electron chi connectivity index (χ0n) is 10.9. The SMILES string of the molecule is COC(=O)CCC(=O)Nc1cccc(NC(C)=O)c1. The number of hydrogen-bond donors (Lipinski definition) is 2. The molecule has 6 nitrogen and oxygen atoms in total. The van der Waals surface area contributed by atoms with Gasteiger partial charge in [-0.2, -0.15) is 0 Å². The first kappa shape index (κ1) is 14.7. The lowest BCUT2D eigenvalue weighted by atomic mass is 10.2. The first-order chi connectivity index (χ1) is 9.01. The minimum atomic E-state index is -0.429. The van der Waals surface area contributed by atoms with Crippen molar-refractivity contribution >= 4 is 29.2 Å². The maximum Gasteiger partial charge on any atom is 0.306 e. The molecule has 0 saturated carbocycles. The summed E-state index contributed by atoms with van der Waals surface area (Å²) >= 11 is 0. The number of rotatable bonds is 5. The second-order valence-corrected chi connectivity index (χ2v) is 3.89. The summed E-state index contributed by atoms with van der Waals surface area (Å²) in [5, 5.41) is 5.25. The molecule has 6 heteroatoms. The molecule has 2 amide bonds. The minimum Gasteiger partial charge on any atom is -0.469 e. The molecule has 0 heterocycles. The molecule has 102 valence electrons. The molecule has 0 aliphatic heterocycles. The standard InChI is InChI=1S/C13H16N2O4/c1-9(16)14-10-4-3-5-11(8-10)15-12(17)6-7-13(18)19-2/h3-5,8H,6-7H2,1-2H3,(H,14,16)(H,15,17). The molecule has 1 aromatic rings. The lowest BCUT2D eigenvalue weighted by Gasteiger charge is -2.07.